The Labute approximate surface area is 85.2 Å². The van der Waals surface area contributed by atoms with Crippen LogP contribution in [0.25, 0.3) is 0 Å². The molecule has 1 N–H and O–H groups in total. The first-order valence-electron chi connectivity index (χ1n) is 4.13. The minimum atomic E-state index is -0.679. The lowest BCUT2D eigenvalue weighted by molar-refractivity contribution is 0.215. The third-order valence-electron chi connectivity index (χ3n) is 2.18. The lowest BCUT2D eigenvalue weighted by Gasteiger charge is -2.08. The van der Waals surface area contributed by atoms with Gasteiger partial charge in [0.1, 0.15) is 11.9 Å². The van der Waals surface area contributed by atoms with E-state index in [1.807, 2.05) is 18.5 Å². The van der Waals surface area contributed by atoms with Gasteiger partial charge in [-0.3, -0.25) is 0 Å². The van der Waals surface area contributed by atoms with Gasteiger partial charge >= 0.3 is 0 Å². The highest BCUT2D eigenvalue weighted by molar-refractivity contribution is 7.05. The first kappa shape index (κ1) is 9.29. The van der Waals surface area contributed by atoms with Crippen LogP contribution in [0.15, 0.2) is 12.4 Å². The van der Waals surface area contributed by atoms with Crippen molar-refractivity contribution in [2.45, 2.75) is 13.0 Å². The number of aliphatic hydroxyl groups excluding tert-OH is 1. The Hall–Kier alpha value is -1.27. The van der Waals surface area contributed by atoms with Crippen molar-refractivity contribution in [1.82, 2.24) is 19.1 Å². The number of rotatable bonds is 2. The van der Waals surface area contributed by atoms with Crippen molar-refractivity contribution in [1.29, 1.82) is 0 Å². The molecule has 0 bridgehead atoms. The fourth-order valence-electron chi connectivity index (χ4n) is 1.21. The number of imidazole rings is 1. The zero-order chi connectivity index (χ0) is 10.1. The third kappa shape index (κ3) is 1.42. The summed E-state index contributed by atoms with van der Waals surface area (Å²) in [5.41, 5.74) is 0.758. The van der Waals surface area contributed by atoms with E-state index < -0.39 is 6.10 Å². The van der Waals surface area contributed by atoms with Gasteiger partial charge in [-0.25, -0.2) is 4.98 Å². The molecule has 74 valence electrons. The molecule has 0 fully saturated rings. The smallest absolute Gasteiger partial charge is 0.133 e. The second-order valence-corrected chi connectivity index (χ2v) is 3.83. The van der Waals surface area contributed by atoms with Crippen LogP contribution in [0.3, 0.4) is 0 Å². The quantitative estimate of drug-likeness (QED) is 0.791. The fraction of sp³-hybridized carbons (Fsp3) is 0.375. The number of aryl methyl sites for hydroxylation is 1. The minimum absolute atomic E-state index is 0.679. The number of hydrogen-bond donors (Lipinski definition) is 1. The van der Waals surface area contributed by atoms with Crippen LogP contribution in [0.2, 0.25) is 0 Å². The lowest BCUT2D eigenvalue weighted by Crippen LogP contribution is -2.05. The van der Waals surface area contributed by atoms with Crippen molar-refractivity contribution in [3.63, 3.8) is 0 Å². The standard InChI is InChI=1S/C8H10N4OS/c1-5-9-3-6(12(5)2)8(13)7-4-10-11-14-7/h3-4,8,13H,1-2H3. The van der Waals surface area contributed by atoms with Gasteiger partial charge in [0, 0.05) is 7.05 Å². The molecule has 0 saturated heterocycles. The van der Waals surface area contributed by atoms with E-state index in [0.717, 1.165) is 16.4 Å². The van der Waals surface area contributed by atoms with E-state index >= 15 is 0 Å². The van der Waals surface area contributed by atoms with E-state index in [0.29, 0.717) is 0 Å². The van der Waals surface area contributed by atoms with Gasteiger partial charge in [-0.15, -0.1) is 5.10 Å². The zero-order valence-corrected chi connectivity index (χ0v) is 8.69. The van der Waals surface area contributed by atoms with Gasteiger partial charge in [-0.1, -0.05) is 4.49 Å². The van der Waals surface area contributed by atoms with Crippen LogP contribution in [-0.2, 0) is 7.05 Å². The Morgan fingerprint density at radius 2 is 2.29 bits per heavy atom. The summed E-state index contributed by atoms with van der Waals surface area (Å²) in [6.07, 6.45) is 2.55. The molecular weight excluding hydrogens is 200 g/mol. The summed E-state index contributed by atoms with van der Waals surface area (Å²) in [5.74, 6) is 0.872. The van der Waals surface area contributed by atoms with E-state index in [-0.39, 0.29) is 0 Å². The third-order valence-corrected chi connectivity index (χ3v) is 2.90. The Kier molecular flexibility index (Phi) is 2.30. The summed E-state index contributed by atoms with van der Waals surface area (Å²) < 4.78 is 5.56. The van der Waals surface area contributed by atoms with Crippen molar-refractivity contribution < 1.29 is 5.11 Å². The van der Waals surface area contributed by atoms with Gasteiger partial charge in [0.05, 0.1) is 23.0 Å². The molecule has 0 aliphatic carbocycles. The molecule has 0 aliphatic heterocycles. The first-order valence-corrected chi connectivity index (χ1v) is 4.91. The SMILES string of the molecule is Cc1ncc(C(O)c2cnns2)n1C. The van der Waals surface area contributed by atoms with Crippen molar-refractivity contribution in [2.75, 3.05) is 0 Å². The molecule has 6 heteroatoms. The zero-order valence-electron chi connectivity index (χ0n) is 7.88. The molecule has 1 unspecified atom stereocenters. The van der Waals surface area contributed by atoms with E-state index in [2.05, 4.69) is 14.6 Å². The number of nitrogens with zero attached hydrogens (tertiary/aromatic N) is 4. The Balaban J connectivity index is 2.36. The molecule has 0 aliphatic rings. The summed E-state index contributed by atoms with van der Waals surface area (Å²) in [5, 5.41) is 13.6. The maximum absolute atomic E-state index is 9.94. The molecule has 14 heavy (non-hydrogen) atoms. The van der Waals surface area contributed by atoms with Crippen LogP contribution in [-0.4, -0.2) is 24.2 Å². The minimum Gasteiger partial charge on any atom is -0.381 e. The van der Waals surface area contributed by atoms with Gasteiger partial charge in [0.2, 0.25) is 0 Å². The highest BCUT2D eigenvalue weighted by Crippen LogP contribution is 2.23. The van der Waals surface area contributed by atoms with Crippen molar-refractivity contribution in [3.8, 4) is 0 Å². The van der Waals surface area contributed by atoms with Crippen LogP contribution >= 0.6 is 11.5 Å². The van der Waals surface area contributed by atoms with Crippen LogP contribution in [0.5, 0.6) is 0 Å². The molecule has 5 nitrogen and oxygen atoms in total. The summed E-state index contributed by atoms with van der Waals surface area (Å²) in [6.45, 7) is 1.89. The molecule has 0 saturated carbocycles. The lowest BCUT2D eigenvalue weighted by atomic mass is 10.2. The highest BCUT2D eigenvalue weighted by Gasteiger charge is 2.17. The molecule has 2 aromatic rings. The number of aliphatic hydroxyl groups is 1. The topological polar surface area (TPSA) is 63.8 Å². The van der Waals surface area contributed by atoms with Gasteiger partial charge in [0.15, 0.2) is 0 Å². The van der Waals surface area contributed by atoms with Gasteiger partial charge in [-0.05, 0) is 18.5 Å². The van der Waals surface area contributed by atoms with Gasteiger partial charge < -0.3 is 9.67 Å². The molecule has 0 radical (unpaired) electrons. The predicted molar refractivity (Wildman–Crippen MR) is 51.9 cm³/mol. The van der Waals surface area contributed by atoms with Crippen molar-refractivity contribution in [2.24, 2.45) is 7.05 Å². The largest absolute Gasteiger partial charge is 0.381 e. The van der Waals surface area contributed by atoms with Gasteiger partial charge in [-0.2, -0.15) is 0 Å². The predicted octanol–water partition coefficient (Wildman–Crippen LogP) is 0.662. The second kappa shape index (κ2) is 3.47. The summed E-state index contributed by atoms with van der Waals surface area (Å²) in [6, 6.07) is 0. The Bertz CT molecular complexity index is 422. The van der Waals surface area contributed by atoms with Crippen LogP contribution in [0.1, 0.15) is 22.5 Å². The summed E-state index contributed by atoms with van der Waals surface area (Å²) >= 11 is 1.19. The van der Waals surface area contributed by atoms with E-state index in [4.69, 9.17) is 0 Å². The monoisotopic (exact) mass is 210 g/mol. The highest BCUT2D eigenvalue weighted by atomic mass is 32.1. The molecule has 0 spiro atoms. The van der Waals surface area contributed by atoms with Gasteiger partial charge in [0.25, 0.3) is 0 Å². The van der Waals surface area contributed by atoms with Crippen molar-refractivity contribution in [3.05, 3.63) is 28.8 Å². The number of hydrogen-bond acceptors (Lipinski definition) is 5. The average molecular weight is 210 g/mol. The molecule has 0 amide bonds. The van der Waals surface area contributed by atoms with Crippen LogP contribution < -0.4 is 0 Å². The summed E-state index contributed by atoms with van der Waals surface area (Å²) in [7, 11) is 1.87. The van der Waals surface area contributed by atoms with E-state index in [1.165, 1.54) is 11.5 Å². The van der Waals surface area contributed by atoms with E-state index in [1.54, 1.807) is 12.4 Å². The molecular formula is C8H10N4OS. The van der Waals surface area contributed by atoms with E-state index in [9.17, 15) is 5.11 Å². The van der Waals surface area contributed by atoms with Crippen LogP contribution in [0, 0.1) is 6.92 Å². The molecule has 0 aromatic carbocycles. The summed E-state index contributed by atoms with van der Waals surface area (Å²) in [4.78, 5) is 4.84. The average Bonchev–Trinajstić information content (AvgIpc) is 2.77. The molecule has 2 rings (SSSR count). The van der Waals surface area contributed by atoms with Crippen LogP contribution in [0.4, 0.5) is 0 Å². The maximum atomic E-state index is 9.94. The normalized spacial score (nSPS) is 13.1. The Morgan fingerprint density at radius 1 is 1.50 bits per heavy atom. The van der Waals surface area contributed by atoms with Crippen molar-refractivity contribution >= 4 is 11.5 Å². The first-order chi connectivity index (χ1) is 6.70. The molecule has 2 aromatic heterocycles. The molecule has 2 heterocycles. The second-order valence-electron chi connectivity index (χ2n) is 3.01. The Morgan fingerprint density at radius 3 is 2.79 bits per heavy atom. The fourth-order valence-corrected chi connectivity index (χ4v) is 1.72. The maximum Gasteiger partial charge on any atom is 0.133 e. The molecule has 1 atom stereocenters. The number of aromatic nitrogens is 4.